The Hall–Kier alpha value is -2.46. The van der Waals surface area contributed by atoms with Crippen LogP contribution in [0.15, 0.2) is 54.7 Å². The van der Waals surface area contributed by atoms with Crippen LogP contribution in [0.2, 0.25) is 0 Å². The first-order chi connectivity index (χ1) is 11.1. The van der Waals surface area contributed by atoms with Gasteiger partial charge in [-0.05, 0) is 31.0 Å². The van der Waals surface area contributed by atoms with Gasteiger partial charge in [-0.3, -0.25) is 10.1 Å². The number of aromatic nitrogens is 1. The van der Waals surface area contributed by atoms with Crippen LogP contribution in [0.3, 0.4) is 0 Å². The summed E-state index contributed by atoms with van der Waals surface area (Å²) in [5.41, 5.74) is 4.14. The van der Waals surface area contributed by atoms with Crippen molar-refractivity contribution in [3.05, 3.63) is 81.9 Å². The minimum absolute atomic E-state index is 0.112. The van der Waals surface area contributed by atoms with E-state index in [4.69, 9.17) is 0 Å². The van der Waals surface area contributed by atoms with Crippen LogP contribution in [-0.2, 0) is 6.42 Å². The summed E-state index contributed by atoms with van der Waals surface area (Å²) in [5.74, 6) is -0.112. The Labute approximate surface area is 140 Å². The Kier molecular flexibility index (Phi) is 4.53. The number of carbonyl (C=O) groups is 1. The Morgan fingerprint density at radius 2 is 1.83 bits per heavy atom. The molecule has 1 heterocycles. The lowest BCUT2D eigenvalue weighted by molar-refractivity contribution is 0.102. The van der Waals surface area contributed by atoms with E-state index in [1.165, 1.54) is 22.5 Å². The maximum absolute atomic E-state index is 12.3. The molecule has 0 radical (unpaired) electrons. The molecule has 0 saturated heterocycles. The second-order valence-corrected chi connectivity index (χ2v) is 6.68. The third kappa shape index (κ3) is 3.85. The van der Waals surface area contributed by atoms with E-state index in [9.17, 15) is 4.79 Å². The SMILES string of the molecule is Cc1ccc(Cc2cnc(NC(=O)c3ccccc3C)s2)cc1. The van der Waals surface area contributed by atoms with E-state index in [-0.39, 0.29) is 5.91 Å². The molecule has 0 aliphatic heterocycles. The normalized spacial score (nSPS) is 10.5. The third-order valence-electron chi connectivity index (χ3n) is 3.66. The minimum atomic E-state index is -0.112. The van der Waals surface area contributed by atoms with Crippen molar-refractivity contribution >= 4 is 22.4 Å². The van der Waals surface area contributed by atoms with Gasteiger partial charge in [0.2, 0.25) is 0 Å². The quantitative estimate of drug-likeness (QED) is 0.762. The van der Waals surface area contributed by atoms with Gasteiger partial charge in [0.25, 0.3) is 5.91 Å². The second kappa shape index (κ2) is 6.75. The molecule has 2 aromatic carbocycles. The molecule has 0 spiro atoms. The highest BCUT2D eigenvalue weighted by Gasteiger charge is 2.11. The summed E-state index contributed by atoms with van der Waals surface area (Å²) < 4.78 is 0. The van der Waals surface area contributed by atoms with Crippen LogP contribution in [0.4, 0.5) is 5.13 Å². The number of hydrogen-bond donors (Lipinski definition) is 1. The van der Waals surface area contributed by atoms with Gasteiger partial charge in [0.15, 0.2) is 5.13 Å². The van der Waals surface area contributed by atoms with Gasteiger partial charge in [-0.25, -0.2) is 4.98 Å². The Balaban J connectivity index is 1.69. The molecule has 4 heteroatoms. The standard InChI is InChI=1S/C19H18N2OS/c1-13-7-9-15(10-8-13)11-16-12-20-19(23-16)21-18(22)17-6-4-3-5-14(17)2/h3-10,12H,11H2,1-2H3,(H,20,21,22). The lowest BCUT2D eigenvalue weighted by atomic mass is 10.1. The van der Waals surface area contributed by atoms with Crippen molar-refractivity contribution in [1.29, 1.82) is 0 Å². The molecule has 23 heavy (non-hydrogen) atoms. The van der Waals surface area contributed by atoms with E-state index in [0.29, 0.717) is 10.7 Å². The number of anilines is 1. The van der Waals surface area contributed by atoms with Crippen molar-refractivity contribution in [2.24, 2.45) is 0 Å². The predicted octanol–water partition coefficient (Wildman–Crippen LogP) is 4.60. The zero-order valence-electron chi connectivity index (χ0n) is 13.2. The van der Waals surface area contributed by atoms with Crippen LogP contribution >= 0.6 is 11.3 Å². The van der Waals surface area contributed by atoms with Crippen LogP contribution in [0.25, 0.3) is 0 Å². The first-order valence-corrected chi connectivity index (χ1v) is 8.31. The van der Waals surface area contributed by atoms with Gasteiger partial charge in [0.1, 0.15) is 0 Å². The van der Waals surface area contributed by atoms with Gasteiger partial charge < -0.3 is 0 Å². The molecule has 0 saturated carbocycles. The monoisotopic (exact) mass is 322 g/mol. The lowest BCUT2D eigenvalue weighted by Crippen LogP contribution is -2.12. The molecule has 3 nitrogen and oxygen atoms in total. The average Bonchev–Trinajstić information content (AvgIpc) is 2.97. The van der Waals surface area contributed by atoms with Gasteiger partial charge in [-0.2, -0.15) is 0 Å². The van der Waals surface area contributed by atoms with Gasteiger partial charge in [-0.1, -0.05) is 48.0 Å². The Morgan fingerprint density at radius 3 is 2.57 bits per heavy atom. The molecule has 0 aliphatic rings. The average molecular weight is 322 g/mol. The molecule has 0 bridgehead atoms. The van der Waals surface area contributed by atoms with E-state index in [1.807, 2.05) is 37.4 Å². The van der Waals surface area contributed by atoms with Gasteiger partial charge in [0.05, 0.1) is 0 Å². The summed E-state index contributed by atoms with van der Waals surface area (Å²) in [6.07, 6.45) is 2.66. The summed E-state index contributed by atoms with van der Waals surface area (Å²) in [7, 11) is 0. The molecule has 1 aromatic heterocycles. The third-order valence-corrected chi connectivity index (χ3v) is 4.58. The van der Waals surface area contributed by atoms with Crippen molar-refractivity contribution < 1.29 is 4.79 Å². The topological polar surface area (TPSA) is 42.0 Å². The van der Waals surface area contributed by atoms with Crippen molar-refractivity contribution in [1.82, 2.24) is 4.98 Å². The van der Waals surface area contributed by atoms with E-state index in [0.717, 1.165) is 16.9 Å². The van der Waals surface area contributed by atoms with Crippen molar-refractivity contribution in [2.75, 3.05) is 5.32 Å². The highest BCUT2D eigenvalue weighted by molar-refractivity contribution is 7.15. The summed E-state index contributed by atoms with van der Waals surface area (Å²) >= 11 is 1.52. The van der Waals surface area contributed by atoms with Gasteiger partial charge in [0, 0.05) is 23.1 Å². The molecule has 0 unspecified atom stereocenters. The summed E-state index contributed by atoms with van der Waals surface area (Å²) in [6.45, 7) is 4.01. The fourth-order valence-corrected chi connectivity index (χ4v) is 3.19. The van der Waals surface area contributed by atoms with Crippen LogP contribution in [-0.4, -0.2) is 10.9 Å². The molecule has 116 valence electrons. The molecule has 0 fully saturated rings. The number of thiazole rings is 1. The predicted molar refractivity (Wildman–Crippen MR) is 95.2 cm³/mol. The van der Waals surface area contributed by atoms with Crippen molar-refractivity contribution in [3.63, 3.8) is 0 Å². The van der Waals surface area contributed by atoms with Gasteiger partial charge >= 0.3 is 0 Å². The lowest BCUT2D eigenvalue weighted by Gasteiger charge is -2.04. The number of nitrogens with zero attached hydrogens (tertiary/aromatic N) is 1. The maximum Gasteiger partial charge on any atom is 0.257 e. The van der Waals surface area contributed by atoms with Crippen LogP contribution in [0.1, 0.15) is 31.9 Å². The first kappa shape index (κ1) is 15.4. The molecule has 0 aliphatic carbocycles. The van der Waals surface area contributed by atoms with Crippen LogP contribution in [0.5, 0.6) is 0 Å². The zero-order valence-corrected chi connectivity index (χ0v) is 14.0. The molecule has 0 atom stereocenters. The maximum atomic E-state index is 12.3. The first-order valence-electron chi connectivity index (χ1n) is 7.49. The fraction of sp³-hybridized carbons (Fsp3) is 0.158. The molecular weight excluding hydrogens is 304 g/mol. The Bertz CT molecular complexity index is 821. The number of benzene rings is 2. The highest BCUT2D eigenvalue weighted by atomic mass is 32.1. The van der Waals surface area contributed by atoms with Crippen molar-refractivity contribution in [3.8, 4) is 0 Å². The van der Waals surface area contributed by atoms with E-state index < -0.39 is 0 Å². The number of hydrogen-bond acceptors (Lipinski definition) is 3. The van der Waals surface area contributed by atoms with E-state index in [2.05, 4.69) is 41.5 Å². The van der Waals surface area contributed by atoms with E-state index in [1.54, 1.807) is 0 Å². The number of rotatable bonds is 4. The van der Waals surface area contributed by atoms with Gasteiger partial charge in [-0.15, -0.1) is 11.3 Å². The fourth-order valence-electron chi connectivity index (χ4n) is 2.35. The largest absolute Gasteiger partial charge is 0.298 e. The second-order valence-electron chi connectivity index (χ2n) is 5.56. The number of nitrogens with one attached hydrogen (secondary N) is 1. The summed E-state index contributed by atoms with van der Waals surface area (Å²) in [6, 6.07) is 16.0. The number of carbonyl (C=O) groups excluding carboxylic acids is 1. The van der Waals surface area contributed by atoms with E-state index >= 15 is 0 Å². The summed E-state index contributed by atoms with van der Waals surface area (Å²) in [4.78, 5) is 17.7. The molecule has 3 aromatic rings. The van der Waals surface area contributed by atoms with Crippen molar-refractivity contribution in [2.45, 2.75) is 20.3 Å². The molecule has 1 N–H and O–H groups in total. The molecule has 3 rings (SSSR count). The highest BCUT2D eigenvalue weighted by Crippen LogP contribution is 2.22. The molecular formula is C19H18N2OS. The smallest absolute Gasteiger partial charge is 0.257 e. The Morgan fingerprint density at radius 1 is 1.09 bits per heavy atom. The minimum Gasteiger partial charge on any atom is -0.298 e. The molecule has 1 amide bonds. The van der Waals surface area contributed by atoms with Crippen LogP contribution in [0, 0.1) is 13.8 Å². The number of aryl methyl sites for hydroxylation is 2. The number of amides is 1. The zero-order chi connectivity index (χ0) is 16.2. The summed E-state index contributed by atoms with van der Waals surface area (Å²) in [5, 5.41) is 3.52. The van der Waals surface area contributed by atoms with Crippen LogP contribution < -0.4 is 5.32 Å².